The average Bonchev–Trinajstić information content (AvgIpc) is 2.37. The van der Waals surface area contributed by atoms with E-state index in [-0.39, 0.29) is 11.3 Å². The Kier molecular flexibility index (Phi) is 4.01. The molecule has 0 unspecified atom stereocenters. The van der Waals surface area contributed by atoms with Crippen LogP contribution in [0.1, 0.15) is 16.8 Å². The lowest BCUT2D eigenvalue weighted by Gasteiger charge is -2.05. The fourth-order valence-corrected chi connectivity index (χ4v) is 2.79. The van der Waals surface area contributed by atoms with Gasteiger partial charge in [-0.25, -0.2) is 4.98 Å². The van der Waals surface area contributed by atoms with Crippen LogP contribution in [0.15, 0.2) is 40.3 Å². The maximum Gasteiger partial charge on any atom is 0.270 e. The van der Waals surface area contributed by atoms with Crippen LogP contribution >= 0.6 is 11.8 Å². The summed E-state index contributed by atoms with van der Waals surface area (Å²) in [6, 6.07) is 10.1. The number of hydrogen-bond donors (Lipinski definition) is 0. The maximum absolute atomic E-state index is 10.7. The maximum atomic E-state index is 10.7. The highest BCUT2D eigenvalue weighted by Gasteiger charge is 2.12. The molecule has 0 aliphatic heterocycles. The third-order valence-electron chi connectivity index (χ3n) is 2.58. The first-order valence-corrected chi connectivity index (χ1v) is 6.63. The second-order valence-corrected chi connectivity index (χ2v) is 5.34. The van der Waals surface area contributed by atoms with Gasteiger partial charge in [0.15, 0.2) is 0 Å². The molecule has 6 heteroatoms. The minimum Gasteiger partial charge on any atom is -0.258 e. The van der Waals surface area contributed by atoms with Crippen molar-refractivity contribution in [2.24, 2.45) is 0 Å². The molecule has 0 atom stereocenters. The summed E-state index contributed by atoms with van der Waals surface area (Å²) < 4.78 is 0. The van der Waals surface area contributed by atoms with Crippen molar-refractivity contribution in [3.8, 4) is 6.07 Å². The zero-order valence-corrected chi connectivity index (χ0v) is 11.8. The number of aryl methyl sites for hydroxylation is 2. The zero-order valence-electron chi connectivity index (χ0n) is 11.0. The number of nitro benzene ring substituents is 1. The van der Waals surface area contributed by atoms with Gasteiger partial charge in [-0.3, -0.25) is 10.1 Å². The smallest absolute Gasteiger partial charge is 0.258 e. The van der Waals surface area contributed by atoms with Gasteiger partial charge in [0.25, 0.3) is 5.69 Å². The van der Waals surface area contributed by atoms with Gasteiger partial charge in [0.05, 0.1) is 10.5 Å². The number of benzene rings is 1. The first-order valence-electron chi connectivity index (χ1n) is 5.81. The molecule has 1 aromatic carbocycles. The molecule has 0 aliphatic rings. The monoisotopic (exact) mass is 285 g/mol. The molecule has 0 spiro atoms. The van der Waals surface area contributed by atoms with Gasteiger partial charge in [-0.15, -0.1) is 0 Å². The molecular formula is C14H11N3O2S. The quantitative estimate of drug-likeness (QED) is 0.635. The topological polar surface area (TPSA) is 79.8 Å². The van der Waals surface area contributed by atoms with Crippen molar-refractivity contribution in [3.05, 3.63) is 57.3 Å². The Hall–Kier alpha value is -2.39. The van der Waals surface area contributed by atoms with E-state index in [0.717, 1.165) is 16.3 Å². The minimum absolute atomic E-state index is 0.0840. The summed E-state index contributed by atoms with van der Waals surface area (Å²) in [6.07, 6.45) is 0. The minimum atomic E-state index is -0.510. The number of non-ortho nitro benzene ring substituents is 1. The van der Waals surface area contributed by atoms with Gasteiger partial charge in [0.1, 0.15) is 11.1 Å². The summed E-state index contributed by atoms with van der Waals surface area (Å²) in [5, 5.41) is 20.6. The lowest BCUT2D eigenvalue weighted by molar-refractivity contribution is -0.384. The van der Waals surface area contributed by atoms with Crippen LogP contribution in [-0.2, 0) is 0 Å². The lowest BCUT2D eigenvalue weighted by Crippen LogP contribution is -1.91. The molecule has 20 heavy (non-hydrogen) atoms. The van der Waals surface area contributed by atoms with E-state index in [2.05, 4.69) is 4.98 Å². The molecule has 1 aromatic heterocycles. The van der Waals surface area contributed by atoms with Crippen molar-refractivity contribution in [3.63, 3.8) is 0 Å². The molecule has 0 amide bonds. The summed E-state index contributed by atoms with van der Waals surface area (Å²) in [5.74, 6) is 0. The van der Waals surface area contributed by atoms with Crippen LogP contribution in [0.4, 0.5) is 5.69 Å². The molecule has 1 heterocycles. The van der Waals surface area contributed by atoms with Crippen molar-refractivity contribution in [2.45, 2.75) is 23.8 Å². The first-order chi connectivity index (χ1) is 9.49. The van der Waals surface area contributed by atoms with Gasteiger partial charge in [-0.05, 0) is 37.6 Å². The van der Waals surface area contributed by atoms with Crippen LogP contribution in [0.3, 0.4) is 0 Å². The van der Waals surface area contributed by atoms with Crippen molar-refractivity contribution < 1.29 is 4.92 Å². The standard InChI is InChI=1S/C14H11N3O2S/c1-9-5-10(2)16-14(6-9)20-13-4-3-12(17(18)19)7-11(13)8-15/h3-7H,1-2H3. The zero-order chi connectivity index (χ0) is 14.7. The molecule has 0 N–H and O–H groups in total. The molecule has 0 radical (unpaired) electrons. The fourth-order valence-electron chi connectivity index (χ4n) is 1.78. The normalized spacial score (nSPS) is 10.1. The SMILES string of the molecule is Cc1cc(C)nc(Sc2ccc([N+](=O)[O-])cc2C#N)c1. The van der Waals surface area contributed by atoms with E-state index in [1.54, 1.807) is 6.07 Å². The average molecular weight is 285 g/mol. The van der Waals surface area contributed by atoms with Gasteiger partial charge in [-0.1, -0.05) is 11.8 Å². The van der Waals surface area contributed by atoms with Crippen LogP contribution in [-0.4, -0.2) is 9.91 Å². The second kappa shape index (κ2) is 5.72. The third kappa shape index (κ3) is 3.13. The van der Waals surface area contributed by atoms with Crippen LogP contribution in [0.25, 0.3) is 0 Å². The van der Waals surface area contributed by atoms with Crippen LogP contribution in [0.2, 0.25) is 0 Å². The van der Waals surface area contributed by atoms with Gasteiger partial charge in [-0.2, -0.15) is 5.26 Å². The fraction of sp³-hybridized carbons (Fsp3) is 0.143. The van der Waals surface area contributed by atoms with Crippen LogP contribution in [0, 0.1) is 35.3 Å². The van der Waals surface area contributed by atoms with E-state index < -0.39 is 4.92 Å². The van der Waals surface area contributed by atoms with Gasteiger partial charge >= 0.3 is 0 Å². The summed E-state index contributed by atoms with van der Waals surface area (Å²) in [6.45, 7) is 3.87. The third-order valence-corrected chi connectivity index (χ3v) is 3.58. The van der Waals surface area contributed by atoms with Crippen molar-refractivity contribution in [1.29, 1.82) is 5.26 Å². The van der Waals surface area contributed by atoms with E-state index in [4.69, 9.17) is 5.26 Å². The Morgan fingerprint density at radius 3 is 2.65 bits per heavy atom. The predicted molar refractivity (Wildman–Crippen MR) is 75.6 cm³/mol. The van der Waals surface area contributed by atoms with Crippen molar-refractivity contribution in [2.75, 3.05) is 0 Å². The molecule has 0 saturated carbocycles. The summed E-state index contributed by atoms with van der Waals surface area (Å²) in [7, 11) is 0. The highest BCUT2D eigenvalue weighted by molar-refractivity contribution is 7.99. The second-order valence-electron chi connectivity index (χ2n) is 4.28. The number of aromatic nitrogens is 1. The van der Waals surface area contributed by atoms with E-state index >= 15 is 0 Å². The van der Waals surface area contributed by atoms with Crippen LogP contribution in [0.5, 0.6) is 0 Å². The highest BCUT2D eigenvalue weighted by Crippen LogP contribution is 2.31. The molecule has 2 aromatic rings. The number of pyridine rings is 1. The first kappa shape index (κ1) is 14.0. The highest BCUT2D eigenvalue weighted by atomic mass is 32.2. The summed E-state index contributed by atoms with van der Waals surface area (Å²) >= 11 is 1.33. The Morgan fingerprint density at radius 1 is 1.30 bits per heavy atom. The summed E-state index contributed by atoms with van der Waals surface area (Å²) in [5.41, 5.74) is 2.18. The number of rotatable bonds is 3. The predicted octanol–water partition coefficient (Wildman–Crippen LogP) is 3.63. The Morgan fingerprint density at radius 2 is 2.05 bits per heavy atom. The number of nitrogens with zero attached hydrogens (tertiary/aromatic N) is 3. The number of hydrogen-bond acceptors (Lipinski definition) is 5. The van der Waals surface area contributed by atoms with E-state index in [9.17, 15) is 10.1 Å². The Balaban J connectivity index is 2.38. The molecular weight excluding hydrogens is 274 g/mol. The van der Waals surface area contributed by atoms with E-state index in [1.165, 1.54) is 23.9 Å². The van der Waals surface area contributed by atoms with Gasteiger partial charge < -0.3 is 0 Å². The van der Waals surface area contributed by atoms with Crippen molar-refractivity contribution >= 4 is 17.4 Å². The number of nitro groups is 1. The molecule has 2 rings (SSSR count). The van der Waals surface area contributed by atoms with Gasteiger partial charge in [0, 0.05) is 22.7 Å². The van der Waals surface area contributed by atoms with E-state index in [0.29, 0.717) is 4.90 Å². The van der Waals surface area contributed by atoms with Crippen molar-refractivity contribution in [1.82, 2.24) is 4.98 Å². The molecule has 0 fully saturated rings. The lowest BCUT2D eigenvalue weighted by atomic mass is 10.2. The molecule has 0 saturated heterocycles. The van der Waals surface area contributed by atoms with E-state index in [1.807, 2.05) is 32.0 Å². The van der Waals surface area contributed by atoms with Gasteiger partial charge in [0.2, 0.25) is 0 Å². The Bertz CT molecular complexity index is 703. The molecule has 5 nitrogen and oxygen atoms in total. The Labute approximate surface area is 120 Å². The summed E-state index contributed by atoms with van der Waals surface area (Å²) in [4.78, 5) is 15.2. The molecule has 0 bridgehead atoms. The van der Waals surface area contributed by atoms with Crippen LogP contribution < -0.4 is 0 Å². The number of nitriles is 1. The molecule has 0 aliphatic carbocycles. The molecule has 100 valence electrons. The largest absolute Gasteiger partial charge is 0.270 e.